The van der Waals surface area contributed by atoms with Crippen LogP contribution in [0.2, 0.25) is 0 Å². The van der Waals surface area contributed by atoms with Crippen molar-refractivity contribution in [2.45, 2.75) is 57.8 Å². The molecule has 0 spiro atoms. The molecular weight excluding hydrogens is 418 g/mol. The van der Waals surface area contributed by atoms with Crippen LogP contribution in [0.5, 0.6) is 0 Å². The Kier molecular flexibility index (Phi) is 7.05. The largest absolute Gasteiger partial charge is 0.354 e. The number of thioether (sulfide) groups is 1. The normalized spacial score (nSPS) is 11.5. The number of aromatic nitrogens is 4. The van der Waals surface area contributed by atoms with Crippen molar-refractivity contribution in [1.29, 1.82) is 0 Å². The minimum atomic E-state index is 0.116. The Balaban J connectivity index is 1.53. The van der Waals surface area contributed by atoms with Gasteiger partial charge in [0, 0.05) is 30.1 Å². The fourth-order valence-electron chi connectivity index (χ4n) is 3.79. The van der Waals surface area contributed by atoms with Gasteiger partial charge in [-0.1, -0.05) is 53.7 Å². The zero-order valence-corrected chi connectivity index (χ0v) is 19.7. The van der Waals surface area contributed by atoms with E-state index in [0.717, 1.165) is 47.2 Å². The first kappa shape index (κ1) is 22.3. The van der Waals surface area contributed by atoms with Crippen LogP contribution in [0.25, 0.3) is 22.1 Å². The fourth-order valence-corrected chi connectivity index (χ4v) is 4.57. The number of nitrogens with zero attached hydrogens (tertiary/aromatic N) is 4. The van der Waals surface area contributed by atoms with E-state index in [1.807, 2.05) is 19.9 Å². The molecule has 0 saturated carbocycles. The number of unbranched alkanes of at least 4 members (excludes halogenated alkanes) is 1. The molecule has 0 unspecified atom stereocenters. The molecule has 2 aromatic heterocycles. The number of aryl methyl sites for hydroxylation is 1. The summed E-state index contributed by atoms with van der Waals surface area (Å²) in [4.78, 5) is 16.7. The van der Waals surface area contributed by atoms with Crippen molar-refractivity contribution in [2.75, 3.05) is 5.75 Å². The highest BCUT2D eigenvalue weighted by Gasteiger charge is 2.15. The van der Waals surface area contributed by atoms with Crippen LogP contribution in [0.4, 0.5) is 0 Å². The van der Waals surface area contributed by atoms with Crippen LogP contribution < -0.4 is 5.32 Å². The topological polar surface area (TPSA) is 72.7 Å². The van der Waals surface area contributed by atoms with Crippen molar-refractivity contribution >= 4 is 39.7 Å². The first-order chi connectivity index (χ1) is 15.5. The smallest absolute Gasteiger partial charge is 0.220 e. The molecule has 2 heterocycles. The lowest BCUT2D eigenvalue weighted by Gasteiger charge is -2.08. The van der Waals surface area contributed by atoms with E-state index in [1.165, 1.54) is 11.1 Å². The standard InChI is InChI=1S/C25H29N5OS/c1-17(2)26-22(31)11-7-8-14-32-25-27-24-23(28-29-25)20-15-18(3)12-13-21(20)30(24)16-19-9-5-4-6-10-19/h4-6,9-10,12-13,15,17H,7-8,11,14,16H2,1-3H3,(H,26,31). The Morgan fingerprint density at radius 1 is 1.09 bits per heavy atom. The molecule has 32 heavy (non-hydrogen) atoms. The average molecular weight is 448 g/mol. The second-order valence-electron chi connectivity index (χ2n) is 8.39. The zero-order valence-electron chi connectivity index (χ0n) is 18.8. The first-order valence-electron chi connectivity index (χ1n) is 11.1. The SMILES string of the molecule is Cc1ccc2c(c1)c1nnc(SCCCCC(=O)NC(C)C)nc1n2Cc1ccccc1. The Labute approximate surface area is 192 Å². The quantitative estimate of drug-likeness (QED) is 0.285. The van der Waals surface area contributed by atoms with E-state index < -0.39 is 0 Å². The monoisotopic (exact) mass is 447 g/mol. The van der Waals surface area contributed by atoms with Gasteiger partial charge in [0.25, 0.3) is 0 Å². The summed E-state index contributed by atoms with van der Waals surface area (Å²) >= 11 is 1.60. The number of fused-ring (bicyclic) bond motifs is 3. The summed E-state index contributed by atoms with van der Waals surface area (Å²) < 4.78 is 2.23. The fraction of sp³-hybridized carbons (Fsp3) is 0.360. The molecule has 7 heteroatoms. The summed E-state index contributed by atoms with van der Waals surface area (Å²) in [5, 5.41) is 13.6. The van der Waals surface area contributed by atoms with Gasteiger partial charge in [0.15, 0.2) is 5.65 Å². The molecular formula is C25H29N5OS. The Hall–Kier alpha value is -2.93. The molecule has 0 fully saturated rings. The first-order valence-corrected chi connectivity index (χ1v) is 12.1. The van der Waals surface area contributed by atoms with Gasteiger partial charge >= 0.3 is 0 Å². The molecule has 0 radical (unpaired) electrons. The van der Waals surface area contributed by atoms with Crippen molar-refractivity contribution in [3.63, 3.8) is 0 Å². The Morgan fingerprint density at radius 3 is 2.69 bits per heavy atom. The molecule has 4 rings (SSSR count). The van der Waals surface area contributed by atoms with Crippen LogP contribution in [0, 0.1) is 6.92 Å². The van der Waals surface area contributed by atoms with E-state index >= 15 is 0 Å². The molecule has 2 aromatic carbocycles. The van der Waals surface area contributed by atoms with Crippen LogP contribution in [-0.4, -0.2) is 37.5 Å². The number of hydrogen-bond acceptors (Lipinski definition) is 5. The summed E-state index contributed by atoms with van der Waals surface area (Å²) in [6.45, 7) is 6.78. The summed E-state index contributed by atoms with van der Waals surface area (Å²) in [5.74, 6) is 0.977. The molecule has 4 aromatic rings. The molecule has 0 bridgehead atoms. The van der Waals surface area contributed by atoms with Crippen molar-refractivity contribution in [3.05, 3.63) is 59.7 Å². The van der Waals surface area contributed by atoms with Gasteiger partial charge in [-0.2, -0.15) is 0 Å². The van der Waals surface area contributed by atoms with Gasteiger partial charge in [0.05, 0.1) is 5.52 Å². The third-order valence-electron chi connectivity index (χ3n) is 5.27. The molecule has 0 aliphatic rings. The molecule has 1 amide bonds. The van der Waals surface area contributed by atoms with Crippen LogP contribution in [-0.2, 0) is 11.3 Å². The number of carbonyl (C=O) groups is 1. The minimum Gasteiger partial charge on any atom is -0.354 e. The van der Waals surface area contributed by atoms with Crippen molar-refractivity contribution in [2.24, 2.45) is 0 Å². The van der Waals surface area contributed by atoms with Gasteiger partial charge in [0.2, 0.25) is 11.1 Å². The number of amides is 1. The second-order valence-corrected chi connectivity index (χ2v) is 9.45. The summed E-state index contributed by atoms with van der Waals surface area (Å²) in [6, 6.07) is 17.0. The highest BCUT2D eigenvalue weighted by Crippen LogP contribution is 2.29. The van der Waals surface area contributed by atoms with E-state index in [0.29, 0.717) is 11.6 Å². The lowest BCUT2D eigenvalue weighted by molar-refractivity contribution is -0.121. The summed E-state index contributed by atoms with van der Waals surface area (Å²) in [6.07, 6.45) is 2.35. The van der Waals surface area contributed by atoms with Gasteiger partial charge in [-0.05, 0) is 51.3 Å². The lowest BCUT2D eigenvalue weighted by atomic mass is 10.1. The number of carbonyl (C=O) groups excluding carboxylic acids is 1. The van der Waals surface area contributed by atoms with Gasteiger partial charge in [-0.3, -0.25) is 4.79 Å². The second kappa shape index (κ2) is 10.1. The third kappa shape index (κ3) is 5.27. The highest BCUT2D eigenvalue weighted by atomic mass is 32.2. The minimum absolute atomic E-state index is 0.116. The van der Waals surface area contributed by atoms with Crippen LogP contribution in [0.15, 0.2) is 53.7 Å². The molecule has 0 saturated heterocycles. The van der Waals surface area contributed by atoms with Crippen LogP contribution >= 0.6 is 11.8 Å². The zero-order chi connectivity index (χ0) is 22.5. The number of rotatable bonds is 9. The van der Waals surface area contributed by atoms with E-state index in [2.05, 4.69) is 69.5 Å². The molecule has 0 aliphatic heterocycles. The average Bonchev–Trinajstić information content (AvgIpc) is 3.06. The van der Waals surface area contributed by atoms with Crippen molar-refractivity contribution < 1.29 is 4.79 Å². The summed E-state index contributed by atoms with van der Waals surface area (Å²) in [7, 11) is 0. The molecule has 6 nitrogen and oxygen atoms in total. The Morgan fingerprint density at radius 2 is 1.91 bits per heavy atom. The lowest BCUT2D eigenvalue weighted by Crippen LogP contribution is -2.29. The highest BCUT2D eigenvalue weighted by molar-refractivity contribution is 7.99. The van der Waals surface area contributed by atoms with Crippen molar-refractivity contribution in [1.82, 2.24) is 25.1 Å². The number of hydrogen-bond donors (Lipinski definition) is 1. The Bertz CT molecular complexity index is 1220. The van der Waals surface area contributed by atoms with Gasteiger partial charge < -0.3 is 9.88 Å². The van der Waals surface area contributed by atoms with E-state index in [1.54, 1.807) is 11.8 Å². The van der Waals surface area contributed by atoms with E-state index in [9.17, 15) is 4.79 Å². The van der Waals surface area contributed by atoms with Gasteiger partial charge in [-0.15, -0.1) is 10.2 Å². The maximum Gasteiger partial charge on any atom is 0.220 e. The van der Waals surface area contributed by atoms with E-state index in [-0.39, 0.29) is 11.9 Å². The maximum absolute atomic E-state index is 11.8. The van der Waals surface area contributed by atoms with Crippen LogP contribution in [0.3, 0.4) is 0 Å². The number of benzene rings is 2. The van der Waals surface area contributed by atoms with Gasteiger partial charge in [-0.25, -0.2) is 4.98 Å². The molecule has 166 valence electrons. The molecule has 0 atom stereocenters. The van der Waals surface area contributed by atoms with Crippen LogP contribution in [0.1, 0.15) is 44.2 Å². The predicted molar refractivity (Wildman–Crippen MR) is 131 cm³/mol. The molecule has 1 N–H and O–H groups in total. The van der Waals surface area contributed by atoms with E-state index in [4.69, 9.17) is 4.98 Å². The maximum atomic E-state index is 11.8. The van der Waals surface area contributed by atoms with Crippen molar-refractivity contribution in [3.8, 4) is 0 Å². The predicted octanol–water partition coefficient (Wildman–Crippen LogP) is 5.12. The molecule has 0 aliphatic carbocycles. The third-order valence-corrected chi connectivity index (χ3v) is 6.19. The summed E-state index contributed by atoms with van der Waals surface area (Å²) in [5.41, 5.74) is 5.24. The van der Waals surface area contributed by atoms with Gasteiger partial charge in [0.1, 0.15) is 5.52 Å². The number of nitrogens with one attached hydrogen (secondary N) is 1.